The van der Waals surface area contributed by atoms with Crippen LogP contribution in [0.1, 0.15) is 12.8 Å². The van der Waals surface area contributed by atoms with E-state index in [4.69, 9.17) is 22.1 Å². The van der Waals surface area contributed by atoms with Crippen LogP contribution >= 0.6 is 23.4 Å². The lowest BCUT2D eigenvalue weighted by molar-refractivity contribution is -0.119. The van der Waals surface area contributed by atoms with Gasteiger partial charge in [0.25, 0.3) is 0 Å². The molecule has 25 heavy (non-hydrogen) atoms. The number of amides is 1. The molecule has 3 N–H and O–H groups in total. The Morgan fingerprint density at radius 2 is 1.84 bits per heavy atom. The van der Waals surface area contributed by atoms with Gasteiger partial charge in [0.2, 0.25) is 5.91 Å². The average Bonchev–Trinajstić information content (AvgIpc) is 2.65. The number of benzene rings is 2. The SMILES string of the molecule is NC(C(=O)Nc1ccc(Sc2ccccc2Cl)cc1)C1CCOCC1. The zero-order valence-electron chi connectivity index (χ0n) is 13.8. The van der Waals surface area contributed by atoms with Gasteiger partial charge in [-0.05, 0) is 55.2 Å². The first-order chi connectivity index (χ1) is 12.1. The quantitative estimate of drug-likeness (QED) is 0.821. The first-order valence-corrected chi connectivity index (χ1v) is 9.49. The zero-order chi connectivity index (χ0) is 17.6. The molecule has 1 heterocycles. The summed E-state index contributed by atoms with van der Waals surface area (Å²) in [6.45, 7) is 1.36. The van der Waals surface area contributed by atoms with E-state index in [9.17, 15) is 4.79 Å². The van der Waals surface area contributed by atoms with Crippen LogP contribution in [-0.4, -0.2) is 25.2 Å². The topological polar surface area (TPSA) is 64.4 Å². The minimum atomic E-state index is -0.499. The molecule has 1 saturated heterocycles. The number of ether oxygens (including phenoxy) is 1. The van der Waals surface area contributed by atoms with Gasteiger partial charge in [-0.1, -0.05) is 35.5 Å². The molecule has 1 fully saturated rings. The fourth-order valence-corrected chi connectivity index (χ4v) is 3.87. The summed E-state index contributed by atoms with van der Waals surface area (Å²) in [5.74, 6) is 0.0437. The molecule has 0 aliphatic carbocycles. The highest BCUT2D eigenvalue weighted by Gasteiger charge is 2.26. The Balaban J connectivity index is 1.58. The van der Waals surface area contributed by atoms with Crippen molar-refractivity contribution in [2.45, 2.75) is 28.7 Å². The van der Waals surface area contributed by atoms with Gasteiger partial charge in [-0.3, -0.25) is 4.79 Å². The third kappa shape index (κ3) is 4.98. The molecule has 0 radical (unpaired) electrons. The van der Waals surface area contributed by atoms with Crippen LogP contribution in [0, 0.1) is 5.92 Å². The average molecular weight is 377 g/mol. The number of carbonyl (C=O) groups is 1. The van der Waals surface area contributed by atoms with Crippen molar-refractivity contribution < 1.29 is 9.53 Å². The monoisotopic (exact) mass is 376 g/mol. The molecule has 3 rings (SSSR count). The molecule has 4 nitrogen and oxygen atoms in total. The molecule has 2 aromatic carbocycles. The van der Waals surface area contributed by atoms with Crippen LogP contribution in [0.2, 0.25) is 5.02 Å². The van der Waals surface area contributed by atoms with Crippen molar-refractivity contribution in [3.05, 3.63) is 53.6 Å². The van der Waals surface area contributed by atoms with E-state index >= 15 is 0 Å². The van der Waals surface area contributed by atoms with Crippen LogP contribution in [0.4, 0.5) is 5.69 Å². The summed E-state index contributed by atoms with van der Waals surface area (Å²) in [6.07, 6.45) is 1.67. The fraction of sp³-hybridized carbons (Fsp3) is 0.316. The standard InChI is InChI=1S/C19H21ClN2O2S/c20-16-3-1-2-4-17(16)25-15-7-5-14(6-8-15)22-19(23)18(21)13-9-11-24-12-10-13/h1-8,13,18H,9-12,21H2,(H,22,23). The Bertz CT molecular complexity index is 718. The van der Waals surface area contributed by atoms with Crippen LogP contribution in [0.15, 0.2) is 58.3 Å². The molecule has 132 valence electrons. The maximum atomic E-state index is 12.3. The van der Waals surface area contributed by atoms with Crippen LogP contribution in [0.3, 0.4) is 0 Å². The lowest BCUT2D eigenvalue weighted by Gasteiger charge is -2.26. The number of hydrogen-bond acceptors (Lipinski definition) is 4. The van der Waals surface area contributed by atoms with E-state index < -0.39 is 6.04 Å². The number of rotatable bonds is 5. The highest BCUT2D eigenvalue weighted by molar-refractivity contribution is 7.99. The van der Waals surface area contributed by atoms with Gasteiger partial charge in [-0.25, -0.2) is 0 Å². The fourth-order valence-electron chi connectivity index (χ4n) is 2.78. The van der Waals surface area contributed by atoms with Crippen molar-refractivity contribution in [2.24, 2.45) is 11.7 Å². The molecule has 1 amide bonds. The van der Waals surface area contributed by atoms with Gasteiger partial charge in [-0.15, -0.1) is 0 Å². The van der Waals surface area contributed by atoms with E-state index in [1.54, 1.807) is 11.8 Å². The third-order valence-electron chi connectivity index (χ3n) is 4.26. The summed E-state index contributed by atoms with van der Waals surface area (Å²) >= 11 is 7.77. The van der Waals surface area contributed by atoms with Gasteiger partial charge in [0.1, 0.15) is 0 Å². The van der Waals surface area contributed by atoms with E-state index in [1.165, 1.54) is 0 Å². The second-order valence-corrected chi connectivity index (χ2v) is 7.54. The van der Waals surface area contributed by atoms with Gasteiger partial charge >= 0.3 is 0 Å². The van der Waals surface area contributed by atoms with E-state index in [2.05, 4.69) is 5.32 Å². The number of nitrogens with one attached hydrogen (secondary N) is 1. The Labute approximate surface area is 157 Å². The molecule has 0 spiro atoms. The molecule has 1 atom stereocenters. The van der Waals surface area contributed by atoms with Crippen LogP contribution in [0.25, 0.3) is 0 Å². The van der Waals surface area contributed by atoms with E-state index in [0.29, 0.717) is 13.2 Å². The predicted octanol–water partition coefficient (Wildman–Crippen LogP) is 4.18. The first kappa shape index (κ1) is 18.3. The molecule has 1 unspecified atom stereocenters. The Hall–Kier alpha value is -1.53. The van der Waals surface area contributed by atoms with E-state index in [0.717, 1.165) is 33.3 Å². The molecular formula is C19H21ClN2O2S. The smallest absolute Gasteiger partial charge is 0.241 e. The van der Waals surface area contributed by atoms with Crippen LogP contribution < -0.4 is 11.1 Å². The number of nitrogens with two attached hydrogens (primary N) is 1. The van der Waals surface area contributed by atoms with Crippen molar-refractivity contribution in [1.82, 2.24) is 0 Å². The zero-order valence-corrected chi connectivity index (χ0v) is 15.4. The maximum absolute atomic E-state index is 12.3. The van der Waals surface area contributed by atoms with E-state index in [1.807, 2.05) is 48.5 Å². The minimum absolute atomic E-state index is 0.140. The van der Waals surface area contributed by atoms with Crippen molar-refractivity contribution in [3.8, 4) is 0 Å². The highest BCUT2D eigenvalue weighted by Crippen LogP contribution is 2.33. The molecular weight excluding hydrogens is 356 g/mol. The van der Waals surface area contributed by atoms with Crippen LogP contribution in [0.5, 0.6) is 0 Å². The summed E-state index contributed by atoms with van der Waals surface area (Å²) in [5, 5.41) is 3.63. The van der Waals surface area contributed by atoms with Gasteiger partial charge in [-0.2, -0.15) is 0 Å². The minimum Gasteiger partial charge on any atom is -0.381 e. The number of hydrogen-bond donors (Lipinski definition) is 2. The summed E-state index contributed by atoms with van der Waals surface area (Å²) in [6, 6.07) is 14.9. The lowest BCUT2D eigenvalue weighted by atomic mass is 9.92. The lowest BCUT2D eigenvalue weighted by Crippen LogP contribution is -2.43. The highest BCUT2D eigenvalue weighted by atomic mass is 35.5. The number of anilines is 1. The Morgan fingerprint density at radius 1 is 1.16 bits per heavy atom. The summed E-state index contributed by atoms with van der Waals surface area (Å²) in [4.78, 5) is 14.4. The largest absolute Gasteiger partial charge is 0.381 e. The molecule has 1 aliphatic heterocycles. The Kier molecular flexibility index (Phi) is 6.37. The van der Waals surface area contributed by atoms with Gasteiger partial charge in [0, 0.05) is 28.7 Å². The molecule has 1 aliphatic rings. The Morgan fingerprint density at radius 3 is 2.52 bits per heavy atom. The van der Waals surface area contributed by atoms with Gasteiger partial charge in [0.05, 0.1) is 11.1 Å². The third-order valence-corrected chi connectivity index (χ3v) is 5.79. The predicted molar refractivity (Wildman–Crippen MR) is 102 cm³/mol. The summed E-state index contributed by atoms with van der Waals surface area (Å²) in [5.41, 5.74) is 6.85. The normalized spacial score (nSPS) is 16.4. The molecule has 6 heteroatoms. The maximum Gasteiger partial charge on any atom is 0.241 e. The molecule has 2 aromatic rings. The summed E-state index contributed by atoms with van der Waals surface area (Å²) < 4.78 is 5.32. The van der Waals surface area contributed by atoms with Crippen molar-refractivity contribution in [2.75, 3.05) is 18.5 Å². The summed E-state index contributed by atoms with van der Waals surface area (Å²) in [7, 11) is 0. The van der Waals surface area contributed by atoms with Crippen molar-refractivity contribution in [3.63, 3.8) is 0 Å². The second kappa shape index (κ2) is 8.72. The van der Waals surface area contributed by atoms with E-state index in [-0.39, 0.29) is 11.8 Å². The first-order valence-electron chi connectivity index (χ1n) is 8.30. The molecule has 0 aromatic heterocycles. The number of halogens is 1. The van der Waals surface area contributed by atoms with Crippen LogP contribution in [-0.2, 0) is 9.53 Å². The molecule has 0 saturated carbocycles. The second-order valence-electron chi connectivity index (χ2n) is 6.02. The van der Waals surface area contributed by atoms with Gasteiger partial charge < -0.3 is 15.8 Å². The number of carbonyl (C=O) groups excluding carboxylic acids is 1. The van der Waals surface area contributed by atoms with Crippen molar-refractivity contribution >= 4 is 35.0 Å². The van der Waals surface area contributed by atoms with Gasteiger partial charge in [0.15, 0.2) is 0 Å². The molecule has 0 bridgehead atoms. The van der Waals surface area contributed by atoms with Crippen molar-refractivity contribution in [1.29, 1.82) is 0 Å².